The van der Waals surface area contributed by atoms with E-state index in [-0.39, 0.29) is 0 Å². The Hall–Kier alpha value is -1.59. The molecule has 106 valence electrons. The summed E-state index contributed by atoms with van der Waals surface area (Å²) in [4.78, 5) is 10.5. The Bertz CT molecular complexity index is 787. The molecule has 1 heterocycles. The van der Waals surface area contributed by atoms with Gasteiger partial charge in [-0.15, -0.1) is 11.8 Å². The van der Waals surface area contributed by atoms with Crippen molar-refractivity contribution in [2.75, 3.05) is 18.6 Å². The molecule has 5 heteroatoms. The van der Waals surface area contributed by atoms with Gasteiger partial charge in [-0.3, -0.25) is 0 Å². The number of hydrogen-bond donors (Lipinski definition) is 1. The Morgan fingerprint density at radius 3 is 2.48 bits per heavy atom. The molecule has 0 amide bonds. The maximum absolute atomic E-state index is 4.67. The number of anilines is 1. The second-order valence-corrected chi connectivity index (χ2v) is 6.33. The van der Waals surface area contributed by atoms with Crippen LogP contribution in [0.15, 0.2) is 51.8 Å². The molecule has 0 aliphatic rings. The highest BCUT2D eigenvalue weighted by Gasteiger charge is 2.09. The number of hydrogen-bond acceptors (Lipinski definition) is 4. The van der Waals surface area contributed by atoms with Gasteiger partial charge in [0, 0.05) is 27.4 Å². The molecule has 1 N–H and O–H groups in total. The quantitative estimate of drug-likeness (QED) is 0.680. The van der Waals surface area contributed by atoms with Crippen molar-refractivity contribution < 1.29 is 0 Å². The average molecular weight is 360 g/mol. The summed E-state index contributed by atoms with van der Waals surface area (Å²) in [6.07, 6.45) is 2.07. The van der Waals surface area contributed by atoms with Crippen LogP contribution in [0.4, 0.5) is 5.82 Å². The van der Waals surface area contributed by atoms with Crippen LogP contribution in [0.3, 0.4) is 0 Å². The lowest BCUT2D eigenvalue weighted by Gasteiger charge is -2.09. The van der Waals surface area contributed by atoms with E-state index >= 15 is 0 Å². The fourth-order valence-electron chi connectivity index (χ4n) is 2.16. The van der Waals surface area contributed by atoms with Crippen LogP contribution in [0.25, 0.3) is 22.3 Å². The summed E-state index contributed by atoms with van der Waals surface area (Å²) in [5, 5.41) is 4.16. The SMILES string of the molecule is CNc1nc(-c2ccc(SC)cc2)nc2ccc(Br)cc12. The maximum atomic E-state index is 4.67. The predicted octanol–water partition coefficient (Wildman–Crippen LogP) is 4.82. The third-order valence-electron chi connectivity index (χ3n) is 3.24. The number of benzene rings is 2. The van der Waals surface area contributed by atoms with Gasteiger partial charge in [0.25, 0.3) is 0 Å². The van der Waals surface area contributed by atoms with Crippen molar-refractivity contribution in [3.05, 3.63) is 46.9 Å². The van der Waals surface area contributed by atoms with Crippen LogP contribution < -0.4 is 5.32 Å². The predicted molar refractivity (Wildman–Crippen MR) is 94.0 cm³/mol. The van der Waals surface area contributed by atoms with Gasteiger partial charge >= 0.3 is 0 Å². The summed E-state index contributed by atoms with van der Waals surface area (Å²) in [5.41, 5.74) is 1.95. The zero-order chi connectivity index (χ0) is 14.8. The van der Waals surface area contributed by atoms with Crippen LogP contribution in [0.5, 0.6) is 0 Å². The van der Waals surface area contributed by atoms with Crippen molar-refractivity contribution in [3.63, 3.8) is 0 Å². The first-order chi connectivity index (χ1) is 10.2. The number of fused-ring (bicyclic) bond motifs is 1. The zero-order valence-corrected chi connectivity index (χ0v) is 14.1. The molecular weight excluding hydrogens is 346 g/mol. The van der Waals surface area contributed by atoms with E-state index in [1.165, 1.54) is 4.90 Å². The minimum absolute atomic E-state index is 0.738. The molecule has 0 bridgehead atoms. The highest BCUT2D eigenvalue weighted by atomic mass is 79.9. The molecule has 3 rings (SSSR count). The molecule has 21 heavy (non-hydrogen) atoms. The van der Waals surface area contributed by atoms with Crippen molar-refractivity contribution in [1.29, 1.82) is 0 Å². The van der Waals surface area contributed by atoms with Crippen molar-refractivity contribution in [2.24, 2.45) is 0 Å². The summed E-state index contributed by atoms with van der Waals surface area (Å²) in [6.45, 7) is 0. The summed E-state index contributed by atoms with van der Waals surface area (Å²) in [7, 11) is 1.88. The highest BCUT2D eigenvalue weighted by Crippen LogP contribution is 2.28. The molecule has 0 radical (unpaired) electrons. The Morgan fingerprint density at radius 2 is 1.81 bits per heavy atom. The van der Waals surface area contributed by atoms with E-state index in [4.69, 9.17) is 0 Å². The first kappa shape index (κ1) is 14.4. The van der Waals surface area contributed by atoms with Crippen LogP contribution in [0.2, 0.25) is 0 Å². The molecule has 0 spiro atoms. The van der Waals surface area contributed by atoms with Gasteiger partial charge in [0.05, 0.1) is 5.52 Å². The summed E-state index contributed by atoms with van der Waals surface area (Å²) in [5.74, 6) is 1.58. The van der Waals surface area contributed by atoms with Gasteiger partial charge in [-0.1, -0.05) is 28.1 Å². The smallest absolute Gasteiger partial charge is 0.162 e. The molecule has 0 saturated heterocycles. The fraction of sp³-hybridized carbons (Fsp3) is 0.125. The summed E-state index contributed by atoms with van der Waals surface area (Å²) in [6, 6.07) is 14.3. The van der Waals surface area contributed by atoms with Gasteiger partial charge in [-0.2, -0.15) is 0 Å². The molecule has 1 aromatic heterocycles. The van der Waals surface area contributed by atoms with Crippen molar-refractivity contribution in [3.8, 4) is 11.4 Å². The number of nitrogens with one attached hydrogen (secondary N) is 1. The monoisotopic (exact) mass is 359 g/mol. The van der Waals surface area contributed by atoms with Gasteiger partial charge in [-0.25, -0.2) is 9.97 Å². The van der Waals surface area contributed by atoms with Crippen molar-refractivity contribution in [1.82, 2.24) is 9.97 Å². The molecular formula is C16H14BrN3S. The number of aromatic nitrogens is 2. The number of halogens is 1. The fourth-order valence-corrected chi connectivity index (χ4v) is 2.93. The normalized spacial score (nSPS) is 10.8. The summed E-state index contributed by atoms with van der Waals surface area (Å²) < 4.78 is 1.02. The van der Waals surface area contributed by atoms with E-state index in [2.05, 4.69) is 61.7 Å². The third kappa shape index (κ3) is 2.89. The number of nitrogens with zero attached hydrogens (tertiary/aromatic N) is 2. The molecule has 2 aromatic carbocycles. The molecule has 3 nitrogen and oxygen atoms in total. The lowest BCUT2D eigenvalue weighted by atomic mass is 10.2. The van der Waals surface area contributed by atoms with Crippen molar-refractivity contribution >= 4 is 44.4 Å². The van der Waals surface area contributed by atoms with Crippen LogP contribution >= 0.6 is 27.7 Å². The maximum Gasteiger partial charge on any atom is 0.162 e. The molecule has 0 fully saturated rings. The molecule has 0 atom stereocenters. The van der Waals surface area contributed by atoms with Gasteiger partial charge in [0.2, 0.25) is 0 Å². The molecule has 0 saturated carbocycles. The van der Waals surface area contributed by atoms with Crippen LogP contribution in [0.1, 0.15) is 0 Å². The van der Waals surface area contributed by atoms with Gasteiger partial charge in [0.15, 0.2) is 5.82 Å². The molecule has 0 aliphatic heterocycles. The van der Waals surface area contributed by atoms with Crippen LogP contribution in [-0.4, -0.2) is 23.3 Å². The number of thioether (sulfide) groups is 1. The van der Waals surface area contributed by atoms with Crippen molar-refractivity contribution in [2.45, 2.75) is 4.90 Å². The van der Waals surface area contributed by atoms with E-state index < -0.39 is 0 Å². The second kappa shape index (κ2) is 6.03. The largest absolute Gasteiger partial charge is 0.373 e. The lowest BCUT2D eigenvalue weighted by Crippen LogP contribution is -1.98. The Balaban J connectivity index is 2.16. The van der Waals surface area contributed by atoms with Crippen LogP contribution in [-0.2, 0) is 0 Å². The Labute approximate surface area is 136 Å². The lowest BCUT2D eigenvalue weighted by molar-refractivity contribution is 1.21. The van der Waals surface area contributed by atoms with Crippen LogP contribution in [0, 0.1) is 0 Å². The van der Waals surface area contributed by atoms with E-state index in [1.807, 2.05) is 25.2 Å². The standard InChI is InChI=1S/C16H14BrN3S/c1-18-16-13-9-11(17)5-8-14(13)19-15(20-16)10-3-6-12(21-2)7-4-10/h3-9H,1-2H3,(H,18,19,20). The second-order valence-electron chi connectivity index (χ2n) is 4.54. The van der Waals surface area contributed by atoms with E-state index in [9.17, 15) is 0 Å². The molecule has 0 unspecified atom stereocenters. The van der Waals surface area contributed by atoms with E-state index in [0.717, 1.165) is 32.6 Å². The zero-order valence-electron chi connectivity index (χ0n) is 11.7. The Kier molecular flexibility index (Phi) is 4.12. The van der Waals surface area contributed by atoms with Gasteiger partial charge in [-0.05, 0) is 36.6 Å². The highest BCUT2D eigenvalue weighted by molar-refractivity contribution is 9.10. The molecule has 0 aliphatic carbocycles. The first-order valence-corrected chi connectivity index (χ1v) is 8.52. The van der Waals surface area contributed by atoms with Gasteiger partial charge < -0.3 is 5.32 Å². The average Bonchev–Trinajstić information content (AvgIpc) is 2.54. The molecule has 3 aromatic rings. The third-order valence-corrected chi connectivity index (χ3v) is 4.48. The van der Waals surface area contributed by atoms with Gasteiger partial charge in [0.1, 0.15) is 5.82 Å². The number of rotatable bonds is 3. The topological polar surface area (TPSA) is 37.8 Å². The minimum atomic E-state index is 0.738. The minimum Gasteiger partial charge on any atom is -0.373 e. The first-order valence-electron chi connectivity index (χ1n) is 6.51. The summed E-state index contributed by atoms with van der Waals surface area (Å²) >= 11 is 5.22. The van der Waals surface area contributed by atoms with E-state index in [0.29, 0.717) is 0 Å². The Morgan fingerprint density at radius 1 is 1.05 bits per heavy atom. The van der Waals surface area contributed by atoms with E-state index in [1.54, 1.807) is 11.8 Å².